The number of rotatable bonds is 16. The second kappa shape index (κ2) is 19.9. The molecule has 340 valence electrons. The molecule has 3 fully saturated rings. The summed E-state index contributed by atoms with van der Waals surface area (Å²) in [6, 6.07) is 30.4. The maximum atomic E-state index is 14.3. The van der Waals surface area contributed by atoms with Gasteiger partial charge in [0.2, 0.25) is 5.91 Å². The first kappa shape index (κ1) is 46.8. The lowest BCUT2D eigenvalue weighted by atomic mass is 9.47. The third-order valence-corrected chi connectivity index (χ3v) is 17.0. The smallest absolute Gasteiger partial charge is 0.410 e. The predicted octanol–water partition coefficient (Wildman–Crippen LogP) is 13.0. The first-order valence-corrected chi connectivity index (χ1v) is 24.6. The lowest BCUT2D eigenvalue weighted by Gasteiger charge is -2.58. The van der Waals surface area contributed by atoms with E-state index in [1.54, 1.807) is 11.9 Å². The predicted molar refractivity (Wildman–Crippen MR) is 257 cm³/mol. The Bertz CT molecular complexity index is 1930. The third-order valence-electron chi connectivity index (χ3n) is 17.0. The molecule has 63 heavy (non-hydrogen) atoms. The van der Waals surface area contributed by atoms with Crippen LogP contribution in [0, 0.1) is 58.2 Å². The molecule has 0 heterocycles. The molecular weight excluding hydrogens is 777 g/mol. The molecule has 0 aliphatic heterocycles. The van der Waals surface area contributed by atoms with Crippen LogP contribution < -0.4 is 5.32 Å². The van der Waals surface area contributed by atoms with Gasteiger partial charge in [-0.15, -0.1) is 0 Å². The van der Waals surface area contributed by atoms with Crippen molar-refractivity contribution in [3.8, 4) is 0 Å². The minimum absolute atomic E-state index is 0.0833. The maximum Gasteiger partial charge on any atom is 0.410 e. The van der Waals surface area contributed by atoms with Crippen molar-refractivity contribution in [3.05, 3.63) is 131 Å². The fourth-order valence-corrected chi connectivity index (χ4v) is 13.3. The molecule has 1 N–H and O–H groups in total. The highest BCUT2D eigenvalue weighted by Crippen LogP contribution is 2.67. The van der Waals surface area contributed by atoms with Gasteiger partial charge in [-0.1, -0.05) is 156 Å². The Balaban J connectivity index is 1.04. The molecule has 4 aliphatic carbocycles. The van der Waals surface area contributed by atoms with E-state index in [2.05, 4.69) is 101 Å². The van der Waals surface area contributed by atoms with E-state index in [0.29, 0.717) is 29.1 Å². The van der Waals surface area contributed by atoms with Crippen LogP contribution in [0.25, 0.3) is 0 Å². The molecule has 0 saturated heterocycles. The minimum Gasteiger partial charge on any atom is -0.446 e. The number of carbonyl (C=O) groups is 2. The maximum absolute atomic E-state index is 14.3. The molecule has 3 saturated carbocycles. The highest BCUT2D eigenvalue weighted by Gasteiger charge is 2.59. The highest BCUT2D eigenvalue weighted by atomic mass is 16.6. The van der Waals surface area contributed by atoms with Crippen LogP contribution in [-0.2, 0) is 19.9 Å². The minimum atomic E-state index is -0.988. The topological polar surface area (TPSA) is 67.9 Å². The van der Waals surface area contributed by atoms with Crippen molar-refractivity contribution in [2.45, 2.75) is 131 Å². The third kappa shape index (κ3) is 9.36. The number of fused-ring (bicyclic) bond motifs is 5. The molecule has 0 aromatic heterocycles. The lowest BCUT2D eigenvalue weighted by Crippen LogP contribution is -2.51. The number of carbonyl (C=O) groups excluding carboxylic acids is 2. The zero-order chi connectivity index (χ0) is 44.9. The van der Waals surface area contributed by atoms with Crippen LogP contribution in [0.5, 0.6) is 0 Å². The number of ether oxygens (including phenoxy) is 2. The molecule has 6 heteroatoms. The van der Waals surface area contributed by atoms with Crippen molar-refractivity contribution in [3.63, 3.8) is 0 Å². The molecule has 0 bridgehead atoms. The van der Waals surface area contributed by atoms with E-state index < -0.39 is 11.5 Å². The zero-order valence-electron chi connectivity index (χ0n) is 40.0. The molecule has 10 atom stereocenters. The summed E-state index contributed by atoms with van der Waals surface area (Å²) in [5.41, 5.74) is 3.97. The quantitative estimate of drug-likeness (QED) is 0.115. The molecule has 0 radical (unpaired) electrons. The number of nitrogens with one attached hydrogen (secondary N) is 1. The first-order chi connectivity index (χ1) is 30.3. The second-order valence-corrected chi connectivity index (χ2v) is 20.9. The standard InChI is InChI=1S/C57H78N2O4/c1-10-42(39(2)3)27-26-41(6)50-30-31-51-49-29-28-47-36-48(32-34-55(47,7)52(49)33-35-56(50,51)8)63-54(61)59(40(4)5)37-43(53(60)58-9)38-62-57(44-20-14-11-15-21-44,45-22-16-12-17-23-45)46-24-18-13-19-25-46/h11-28,39-43,48-52H,10,29-38H2,1-9H3,(H,58,60)/b27-26+/t41-,42-,43?,48+,49?,50-,51?,52?,55+,56-/m1/s1. The van der Waals surface area contributed by atoms with Crippen molar-refractivity contribution in [1.82, 2.24) is 10.2 Å². The number of amides is 2. The Morgan fingerprint density at radius 2 is 1.41 bits per heavy atom. The normalized spacial score (nSPS) is 28.4. The van der Waals surface area contributed by atoms with Gasteiger partial charge in [0.15, 0.2) is 0 Å². The molecule has 3 aromatic carbocycles. The molecular formula is C57H78N2O4. The summed E-state index contributed by atoms with van der Waals surface area (Å²) in [4.78, 5) is 29.8. The van der Waals surface area contributed by atoms with E-state index in [4.69, 9.17) is 9.47 Å². The summed E-state index contributed by atoms with van der Waals surface area (Å²) in [5, 5.41) is 2.87. The van der Waals surface area contributed by atoms with Crippen LogP contribution in [0.4, 0.5) is 4.79 Å². The van der Waals surface area contributed by atoms with Crippen molar-refractivity contribution in [1.29, 1.82) is 0 Å². The van der Waals surface area contributed by atoms with Crippen molar-refractivity contribution >= 4 is 12.0 Å². The zero-order valence-corrected chi connectivity index (χ0v) is 40.0. The summed E-state index contributed by atoms with van der Waals surface area (Å²) in [7, 11) is 1.65. The Morgan fingerprint density at radius 1 is 0.810 bits per heavy atom. The average molecular weight is 855 g/mol. The Labute approximate surface area is 380 Å². The van der Waals surface area contributed by atoms with Crippen molar-refractivity contribution in [2.75, 3.05) is 20.2 Å². The van der Waals surface area contributed by atoms with E-state index in [0.717, 1.165) is 60.1 Å². The summed E-state index contributed by atoms with van der Waals surface area (Å²) in [6.45, 7) is 19.0. The van der Waals surface area contributed by atoms with Crippen LogP contribution in [0.2, 0.25) is 0 Å². The van der Waals surface area contributed by atoms with Gasteiger partial charge in [0.05, 0.1) is 12.5 Å². The number of allylic oxidation sites excluding steroid dienone is 3. The van der Waals surface area contributed by atoms with Crippen LogP contribution in [0.1, 0.15) is 130 Å². The molecule has 7 rings (SSSR count). The molecule has 4 unspecified atom stereocenters. The van der Waals surface area contributed by atoms with Crippen LogP contribution in [0.3, 0.4) is 0 Å². The average Bonchev–Trinajstić information content (AvgIpc) is 3.65. The van der Waals surface area contributed by atoms with Gasteiger partial charge < -0.3 is 19.7 Å². The van der Waals surface area contributed by atoms with Crippen LogP contribution in [-0.4, -0.2) is 49.2 Å². The van der Waals surface area contributed by atoms with E-state index >= 15 is 0 Å². The van der Waals surface area contributed by atoms with Gasteiger partial charge in [-0.2, -0.15) is 0 Å². The largest absolute Gasteiger partial charge is 0.446 e. The van der Waals surface area contributed by atoms with E-state index in [1.165, 1.54) is 37.7 Å². The monoisotopic (exact) mass is 855 g/mol. The van der Waals surface area contributed by atoms with Gasteiger partial charge in [-0.3, -0.25) is 4.79 Å². The summed E-state index contributed by atoms with van der Waals surface area (Å²) < 4.78 is 13.6. The molecule has 0 spiro atoms. The van der Waals surface area contributed by atoms with Crippen molar-refractivity contribution < 1.29 is 19.1 Å². The second-order valence-electron chi connectivity index (χ2n) is 20.9. The van der Waals surface area contributed by atoms with Gasteiger partial charge >= 0.3 is 6.09 Å². The fourth-order valence-electron chi connectivity index (χ4n) is 13.3. The Hall–Kier alpha value is -4.16. The highest BCUT2D eigenvalue weighted by molar-refractivity contribution is 5.79. The SMILES string of the molecule is CC[C@H](/C=C/[C@@H](C)[C@H]1CCC2C3CC=C4C[C@@H](OC(=O)N(CC(COC(c5ccccc5)(c5ccccc5)c5ccccc5)C(=O)NC)C(C)C)CC[C@]4(C)C3CC[C@@]21C)C(C)C. The van der Waals surface area contributed by atoms with Gasteiger partial charge in [0, 0.05) is 26.1 Å². The summed E-state index contributed by atoms with van der Waals surface area (Å²) in [6.07, 6.45) is 17.6. The fraction of sp³-hybridized carbons (Fsp3) is 0.579. The lowest BCUT2D eigenvalue weighted by molar-refractivity contribution is -0.129. The van der Waals surface area contributed by atoms with E-state index in [-0.39, 0.29) is 42.7 Å². The van der Waals surface area contributed by atoms with Crippen LogP contribution >= 0.6 is 0 Å². The number of hydrogen-bond acceptors (Lipinski definition) is 4. The molecule has 3 aromatic rings. The first-order valence-electron chi connectivity index (χ1n) is 24.6. The molecule has 2 amide bonds. The van der Waals surface area contributed by atoms with Gasteiger partial charge in [-0.05, 0) is 134 Å². The summed E-state index contributed by atoms with van der Waals surface area (Å²) >= 11 is 0. The van der Waals surface area contributed by atoms with Gasteiger partial charge in [-0.25, -0.2) is 4.79 Å². The van der Waals surface area contributed by atoms with Crippen LogP contribution in [0.15, 0.2) is 115 Å². The Kier molecular flexibility index (Phi) is 14.8. The number of nitrogens with zero attached hydrogens (tertiary/aromatic N) is 1. The van der Waals surface area contributed by atoms with E-state index in [9.17, 15) is 9.59 Å². The number of hydrogen-bond donors (Lipinski definition) is 1. The number of benzene rings is 3. The Morgan fingerprint density at radius 3 is 1.95 bits per heavy atom. The molecule has 6 nitrogen and oxygen atoms in total. The van der Waals surface area contributed by atoms with Gasteiger partial charge in [0.1, 0.15) is 11.7 Å². The summed E-state index contributed by atoms with van der Waals surface area (Å²) in [5.74, 6) is 4.13. The van der Waals surface area contributed by atoms with E-state index in [1.807, 2.05) is 68.4 Å². The molecule has 4 aliphatic rings. The van der Waals surface area contributed by atoms with Crippen molar-refractivity contribution in [2.24, 2.45) is 58.2 Å². The van der Waals surface area contributed by atoms with Gasteiger partial charge in [0.25, 0.3) is 0 Å².